The van der Waals surface area contributed by atoms with Crippen molar-refractivity contribution < 1.29 is 0 Å². The molecule has 0 radical (unpaired) electrons. The van der Waals surface area contributed by atoms with Gasteiger partial charge in [-0.05, 0) is 44.0 Å². The molecule has 3 N–H and O–H groups in total. The Bertz CT molecular complexity index is 791. The topological polar surface area (TPSA) is 76.7 Å². The smallest absolute Gasteiger partial charge is 0.150 e. The van der Waals surface area contributed by atoms with Crippen LogP contribution in [0, 0.1) is 0 Å². The van der Waals surface area contributed by atoms with Crippen LogP contribution in [0.1, 0.15) is 0 Å². The van der Waals surface area contributed by atoms with Crippen LogP contribution in [0.5, 0.6) is 0 Å². The van der Waals surface area contributed by atoms with Crippen molar-refractivity contribution in [1.29, 1.82) is 0 Å². The van der Waals surface area contributed by atoms with Crippen LogP contribution in [0.4, 0.5) is 17.3 Å². The molecule has 1 aromatic carbocycles. The van der Waals surface area contributed by atoms with Gasteiger partial charge in [0.25, 0.3) is 0 Å². The fourth-order valence-corrected chi connectivity index (χ4v) is 2.49. The molecule has 0 saturated heterocycles. The number of nitrogens with two attached hydrogens (primary N) is 1. The summed E-state index contributed by atoms with van der Waals surface area (Å²) in [7, 11) is 0. The first-order valence-electron chi connectivity index (χ1n) is 5.72. The molecule has 0 atom stereocenters. The third-order valence-corrected chi connectivity index (χ3v) is 3.96. The van der Waals surface area contributed by atoms with Crippen molar-refractivity contribution in [2.24, 2.45) is 0 Å². The van der Waals surface area contributed by atoms with Crippen LogP contribution in [-0.2, 0) is 0 Å². The van der Waals surface area contributed by atoms with Crippen molar-refractivity contribution in [2.75, 3.05) is 11.1 Å². The van der Waals surface area contributed by atoms with Gasteiger partial charge in [-0.25, -0.2) is 9.97 Å². The van der Waals surface area contributed by atoms with E-state index in [1.165, 1.54) is 6.33 Å². The Morgan fingerprint density at radius 1 is 1.10 bits per heavy atom. The van der Waals surface area contributed by atoms with Crippen molar-refractivity contribution in [3.63, 3.8) is 0 Å². The maximum Gasteiger partial charge on any atom is 0.150 e. The monoisotopic (exact) mass is 393 g/mol. The predicted molar refractivity (Wildman–Crippen MR) is 86.9 cm³/mol. The molecule has 5 nitrogen and oxygen atoms in total. The summed E-state index contributed by atoms with van der Waals surface area (Å²) in [4.78, 5) is 12.5. The Balaban J connectivity index is 2.09. The maximum absolute atomic E-state index is 5.75. The Labute approximate surface area is 131 Å². The second-order valence-electron chi connectivity index (χ2n) is 4.08. The summed E-state index contributed by atoms with van der Waals surface area (Å²) in [5.41, 5.74) is 7.46. The largest absolute Gasteiger partial charge is 0.383 e. The second kappa shape index (κ2) is 5.34. The normalized spacial score (nSPS) is 10.7. The van der Waals surface area contributed by atoms with E-state index in [1.54, 1.807) is 6.20 Å². The molecule has 0 unspecified atom stereocenters. The molecular weight excluding hydrogens is 386 g/mol. The highest BCUT2D eigenvalue weighted by Crippen LogP contribution is 2.30. The molecule has 0 saturated carbocycles. The summed E-state index contributed by atoms with van der Waals surface area (Å²) >= 11 is 6.79. The third kappa shape index (κ3) is 2.46. The molecular formula is C13H9Br2N5. The van der Waals surface area contributed by atoms with E-state index >= 15 is 0 Å². The van der Waals surface area contributed by atoms with Gasteiger partial charge in [0, 0.05) is 16.1 Å². The lowest BCUT2D eigenvalue weighted by Gasteiger charge is -2.10. The minimum atomic E-state index is 0.387. The van der Waals surface area contributed by atoms with E-state index in [4.69, 9.17) is 5.73 Å². The highest BCUT2D eigenvalue weighted by atomic mass is 79.9. The molecule has 0 bridgehead atoms. The number of nitrogens with zero attached hydrogens (tertiary/aromatic N) is 3. The summed E-state index contributed by atoms with van der Waals surface area (Å²) in [5, 5.41) is 4.25. The Kier molecular flexibility index (Phi) is 3.54. The van der Waals surface area contributed by atoms with Gasteiger partial charge < -0.3 is 11.1 Å². The lowest BCUT2D eigenvalue weighted by molar-refractivity contribution is 1.16. The van der Waals surface area contributed by atoms with Gasteiger partial charge in [-0.1, -0.05) is 12.1 Å². The summed E-state index contributed by atoms with van der Waals surface area (Å²) in [6.45, 7) is 0. The Hall–Kier alpha value is -1.73. The number of nitrogen functional groups attached to an aromatic ring is 1. The molecule has 7 heteroatoms. The first-order chi connectivity index (χ1) is 9.65. The number of rotatable bonds is 2. The molecule has 0 amide bonds. The Morgan fingerprint density at radius 3 is 2.80 bits per heavy atom. The average Bonchev–Trinajstić information content (AvgIpc) is 2.44. The standard InChI is InChI=1S/C13H9Br2N5/c14-8-4-7-2-1-3-9(11(7)17-5-8)20-13-10(15)12(16)18-6-19-13/h1-6H,(H3,16,18,19,20). The van der Waals surface area contributed by atoms with E-state index in [-0.39, 0.29) is 0 Å². The van der Waals surface area contributed by atoms with Gasteiger partial charge in [0.2, 0.25) is 0 Å². The molecule has 2 heterocycles. The second-order valence-corrected chi connectivity index (χ2v) is 5.79. The number of anilines is 3. The summed E-state index contributed by atoms with van der Waals surface area (Å²) in [6, 6.07) is 7.91. The van der Waals surface area contributed by atoms with Crippen LogP contribution in [0.3, 0.4) is 0 Å². The van der Waals surface area contributed by atoms with Crippen molar-refractivity contribution in [1.82, 2.24) is 15.0 Å². The number of para-hydroxylation sites is 1. The molecule has 0 fully saturated rings. The van der Waals surface area contributed by atoms with E-state index < -0.39 is 0 Å². The van der Waals surface area contributed by atoms with E-state index in [2.05, 4.69) is 52.1 Å². The average molecular weight is 395 g/mol. The van der Waals surface area contributed by atoms with Gasteiger partial charge in [-0.2, -0.15) is 0 Å². The zero-order valence-electron chi connectivity index (χ0n) is 10.1. The van der Waals surface area contributed by atoms with Crippen LogP contribution in [0.2, 0.25) is 0 Å². The Morgan fingerprint density at radius 2 is 1.95 bits per heavy atom. The van der Waals surface area contributed by atoms with Gasteiger partial charge in [-0.15, -0.1) is 0 Å². The number of hydrogen-bond acceptors (Lipinski definition) is 5. The van der Waals surface area contributed by atoms with Crippen molar-refractivity contribution in [3.8, 4) is 0 Å². The number of aromatic nitrogens is 3. The minimum absolute atomic E-state index is 0.387. The molecule has 0 spiro atoms. The number of pyridine rings is 1. The van der Waals surface area contributed by atoms with E-state index in [0.717, 1.165) is 21.1 Å². The summed E-state index contributed by atoms with van der Waals surface area (Å²) in [6.07, 6.45) is 3.18. The van der Waals surface area contributed by atoms with E-state index in [0.29, 0.717) is 16.1 Å². The number of hydrogen-bond donors (Lipinski definition) is 2. The molecule has 3 aromatic rings. The van der Waals surface area contributed by atoms with Gasteiger partial charge >= 0.3 is 0 Å². The van der Waals surface area contributed by atoms with Crippen LogP contribution in [0.25, 0.3) is 10.9 Å². The van der Waals surface area contributed by atoms with Crippen LogP contribution >= 0.6 is 31.9 Å². The predicted octanol–water partition coefficient (Wildman–Crippen LogP) is 3.88. The number of halogens is 2. The molecule has 3 rings (SSSR count). The molecule has 20 heavy (non-hydrogen) atoms. The van der Waals surface area contributed by atoms with E-state index in [1.807, 2.05) is 24.3 Å². The lowest BCUT2D eigenvalue weighted by Crippen LogP contribution is -2.00. The van der Waals surface area contributed by atoms with Crippen LogP contribution in [0.15, 0.2) is 45.7 Å². The molecule has 100 valence electrons. The molecule has 0 aliphatic rings. The first-order valence-corrected chi connectivity index (χ1v) is 7.31. The molecule has 0 aliphatic carbocycles. The molecule has 0 aliphatic heterocycles. The van der Waals surface area contributed by atoms with Crippen molar-refractivity contribution >= 4 is 60.1 Å². The number of benzene rings is 1. The van der Waals surface area contributed by atoms with Crippen LogP contribution < -0.4 is 11.1 Å². The zero-order chi connectivity index (χ0) is 14.1. The fraction of sp³-hybridized carbons (Fsp3) is 0. The summed E-state index contributed by atoms with van der Waals surface area (Å²) in [5.74, 6) is 0.994. The highest BCUT2D eigenvalue weighted by molar-refractivity contribution is 9.11. The minimum Gasteiger partial charge on any atom is -0.383 e. The van der Waals surface area contributed by atoms with Crippen molar-refractivity contribution in [2.45, 2.75) is 0 Å². The number of fused-ring (bicyclic) bond motifs is 1. The quantitative estimate of drug-likeness (QED) is 0.689. The van der Waals surface area contributed by atoms with Gasteiger partial charge in [0.05, 0.1) is 11.2 Å². The maximum atomic E-state index is 5.75. The van der Waals surface area contributed by atoms with Gasteiger partial charge in [0.15, 0.2) is 0 Å². The fourth-order valence-electron chi connectivity index (χ4n) is 1.83. The van der Waals surface area contributed by atoms with Gasteiger partial charge in [-0.3, -0.25) is 4.98 Å². The first kappa shape index (κ1) is 13.3. The van der Waals surface area contributed by atoms with Crippen LogP contribution in [-0.4, -0.2) is 15.0 Å². The highest BCUT2D eigenvalue weighted by Gasteiger charge is 2.09. The summed E-state index contributed by atoms with van der Waals surface area (Å²) < 4.78 is 1.57. The third-order valence-electron chi connectivity index (χ3n) is 2.75. The number of nitrogens with one attached hydrogen (secondary N) is 1. The zero-order valence-corrected chi connectivity index (χ0v) is 13.3. The SMILES string of the molecule is Nc1ncnc(Nc2cccc3cc(Br)cnc23)c1Br. The molecule has 2 aromatic heterocycles. The van der Waals surface area contributed by atoms with E-state index in [9.17, 15) is 0 Å². The lowest BCUT2D eigenvalue weighted by atomic mass is 10.2. The van der Waals surface area contributed by atoms with Crippen molar-refractivity contribution in [3.05, 3.63) is 45.7 Å². The van der Waals surface area contributed by atoms with Gasteiger partial charge in [0.1, 0.15) is 22.4 Å².